The molecule has 120 valence electrons. The first-order valence-corrected chi connectivity index (χ1v) is 7.20. The van der Waals surface area contributed by atoms with Gasteiger partial charge < -0.3 is 15.2 Å². The minimum atomic E-state index is -2.78. The monoisotopic (exact) mass is 301 g/mol. The van der Waals surface area contributed by atoms with E-state index in [4.69, 9.17) is 0 Å². The second-order valence-electron chi connectivity index (χ2n) is 6.17. The van der Waals surface area contributed by atoms with Gasteiger partial charge in [-0.25, -0.2) is 0 Å². The summed E-state index contributed by atoms with van der Waals surface area (Å²) in [4.78, 5) is 0. The van der Waals surface area contributed by atoms with Crippen LogP contribution in [0.15, 0.2) is 24.3 Å². The largest absolute Gasteiger partial charge is 0.435 e. The molecule has 3 nitrogen and oxygen atoms in total. The number of aliphatic hydroxyl groups excluding tert-OH is 1. The average molecular weight is 301 g/mol. The first-order chi connectivity index (χ1) is 9.82. The molecular weight excluding hydrogens is 276 g/mol. The highest BCUT2D eigenvalue weighted by Gasteiger charge is 2.17. The van der Waals surface area contributed by atoms with Crippen LogP contribution in [-0.4, -0.2) is 30.9 Å². The molecule has 2 N–H and O–H groups in total. The standard InChI is InChI=1S/C16H25F2NO2/c1-12(19-10-16(2,3)11-20)4-5-13-6-8-14(9-7-13)21-15(17)18/h6-9,12,15,19-20H,4-5,10-11H2,1-3H3. The molecule has 5 heteroatoms. The summed E-state index contributed by atoms with van der Waals surface area (Å²) < 4.78 is 28.4. The molecular formula is C16H25F2NO2. The highest BCUT2D eigenvalue weighted by Crippen LogP contribution is 2.16. The maximum Gasteiger partial charge on any atom is 0.387 e. The minimum Gasteiger partial charge on any atom is -0.435 e. The summed E-state index contributed by atoms with van der Waals surface area (Å²) in [6, 6.07) is 7.07. The van der Waals surface area contributed by atoms with Gasteiger partial charge in [0.15, 0.2) is 0 Å². The molecule has 1 aromatic carbocycles. The Morgan fingerprint density at radius 1 is 1.24 bits per heavy atom. The number of rotatable bonds is 9. The minimum absolute atomic E-state index is 0.123. The Balaban J connectivity index is 2.34. The normalized spacial score (nSPS) is 13.5. The summed E-state index contributed by atoms with van der Waals surface area (Å²) >= 11 is 0. The van der Waals surface area contributed by atoms with Crippen molar-refractivity contribution in [3.8, 4) is 5.75 Å². The molecule has 0 radical (unpaired) electrons. The topological polar surface area (TPSA) is 41.5 Å². The second kappa shape index (κ2) is 8.29. The Kier molecular flexibility index (Phi) is 7.05. The first-order valence-electron chi connectivity index (χ1n) is 7.20. The van der Waals surface area contributed by atoms with E-state index in [9.17, 15) is 13.9 Å². The van der Waals surface area contributed by atoms with E-state index >= 15 is 0 Å². The van der Waals surface area contributed by atoms with Gasteiger partial charge in [0, 0.05) is 24.6 Å². The lowest BCUT2D eigenvalue weighted by atomic mass is 9.94. The molecule has 0 bridgehead atoms. The van der Waals surface area contributed by atoms with Crippen LogP contribution in [-0.2, 0) is 6.42 Å². The molecule has 0 spiro atoms. The third kappa shape index (κ3) is 7.39. The van der Waals surface area contributed by atoms with E-state index in [2.05, 4.69) is 17.0 Å². The predicted octanol–water partition coefficient (Wildman–Crippen LogP) is 3.22. The van der Waals surface area contributed by atoms with Crippen molar-refractivity contribution in [3.05, 3.63) is 29.8 Å². The van der Waals surface area contributed by atoms with Gasteiger partial charge in [-0.15, -0.1) is 0 Å². The van der Waals surface area contributed by atoms with Gasteiger partial charge in [-0.3, -0.25) is 0 Å². The summed E-state index contributed by atoms with van der Waals surface area (Å²) in [6.07, 6.45) is 1.80. The van der Waals surface area contributed by atoms with Gasteiger partial charge in [-0.05, 0) is 37.5 Å². The van der Waals surface area contributed by atoms with Crippen LogP contribution in [0.4, 0.5) is 8.78 Å². The van der Waals surface area contributed by atoms with E-state index in [0.29, 0.717) is 6.04 Å². The van der Waals surface area contributed by atoms with Crippen molar-refractivity contribution in [1.29, 1.82) is 0 Å². The Hall–Kier alpha value is -1.20. The number of alkyl halides is 2. The molecule has 0 saturated heterocycles. The number of aliphatic hydroxyl groups is 1. The number of halogens is 2. The molecule has 0 aromatic heterocycles. The Morgan fingerprint density at radius 2 is 1.86 bits per heavy atom. The van der Waals surface area contributed by atoms with Gasteiger partial charge in [0.25, 0.3) is 0 Å². The number of benzene rings is 1. The fourth-order valence-corrected chi connectivity index (χ4v) is 1.83. The Bertz CT molecular complexity index is 407. The van der Waals surface area contributed by atoms with Crippen LogP contribution in [0, 0.1) is 5.41 Å². The van der Waals surface area contributed by atoms with E-state index in [0.717, 1.165) is 24.9 Å². The summed E-state index contributed by atoms with van der Waals surface area (Å²) in [5.41, 5.74) is 0.967. The van der Waals surface area contributed by atoms with Crippen molar-refractivity contribution in [2.45, 2.75) is 46.3 Å². The van der Waals surface area contributed by atoms with Gasteiger partial charge >= 0.3 is 6.61 Å². The van der Waals surface area contributed by atoms with Gasteiger partial charge in [0.2, 0.25) is 0 Å². The molecule has 0 fully saturated rings. The van der Waals surface area contributed by atoms with Crippen molar-refractivity contribution in [2.24, 2.45) is 5.41 Å². The smallest absolute Gasteiger partial charge is 0.387 e. The van der Waals surface area contributed by atoms with Gasteiger partial charge in [0.1, 0.15) is 5.75 Å². The average Bonchev–Trinajstić information content (AvgIpc) is 2.44. The van der Waals surface area contributed by atoms with Crippen LogP contribution in [0.5, 0.6) is 5.75 Å². The molecule has 21 heavy (non-hydrogen) atoms. The molecule has 1 unspecified atom stereocenters. The molecule has 0 heterocycles. The Labute approximate surface area is 125 Å². The van der Waals surface area contributed by atoms with Gasteiger partial charge in [-0.2, -0.15) is 8.78 Å². The van der Waals surface area contributed by atoms with Crippen LogP contribution < -0.4 is 10.1 Å². The SMILES string of the molecule is CC(CCc1ccc(OC(F)F)cc1)NCC(C)(C)CO. The molecule has 0 aliphatic heterocycles. The Morgan fingerprint density at radius 3 is 2.38 bits per heavy atom. The van der Waals surface area contributed by atoms with Gasteiger partial charge in [0.05, 0.1) is 0 Å². The lowest BCUT2D eigenvalue weighted by Crippen LogP contribution is -2.37. The number of aryl methyl sites for hydroxylation is 1. The van der Waals surface area contributed by atoms with E-state index in [1.165, 1.54) is 0 Å². The maximum absolute atomic E-state index is 12.0. The summed E-state index contributed by atoms with van der Waals surface area (Å²) in [5.74, 6) is 0.185. The summed E-state index contributed by atoms with van der Waals surface area (Å²) in [5, 5.41) is 12.6. The van der Waals surface area contributed by atoms with Crippen molar-refractivity contribution >= 4 is 0 Å². The number of hydrogen-bond donors (Lipinski definition) is 2. The van der Waals surface area contributed by atoms with Crippen molar-refractivity contribution in [2.75, 3.05) is 13.2 Å². The molecule has 0 aliphatic rings. The molecule has 0 amide bonds. The van der Waals surface area contributed by atoms with E-state index < -0.39 is 6.61 Å². The summed E-state index contributed by atoms with van der Waals surface area (Å²) in [6.45, 7) is 4.24. The van der Waals surface area contributed by atoms with Crippen molar-refractivity contribution in [1.82, 2.24) is 5.32 Å². The zero-order chi connectivity index (χ0) is 15.9. The van der Waals surface area contributed by atoms with Crippen LogP contribution in [0.2, 0.25) is 0 Å². The number of ether oxygens (including phenoxy) is 1. The van der Waals surface area contributed by atoms with Gasteiger partial charge in [-0.1, -0.05) is 26.0 Å². The van der Waals surface area contributed by atoms with E-state index in [1.807, 2.05) is 26.0 Å². The van der Waals surface area contributed by atoms with Crippen molar-refractivity contribution in [3.63, 3.8) is 0 Å². The molecule has 1 rings (SSSR count). The fraction of sp³-hybridized carbons (Fsp3) is 0.625. The van der Waals surface area contributed by atoms with Crippen LogP contribution in [0.3, 0.4) is 0 Å². The van der Waals surface area contributed by atoms with Crippen LogP contribution in [0.25, 0.3) is 0 Å². The number of hydrogen-bond acceptors (Lipinski definition) is 3. The molecule has 0 aliphatic carbocycles. The van der Waals surface area contributed by atoms with E-state index in [1.54, 1.807) is 12.1 Å². The second-order valence-corrected chi connectivity index (χ2v) is 6.17. The number of nitrogens with one attached hydrogen (secondary N) is 1. The molecule has 0 saturated carbocycles. The summed E-state index contributed by atoms with van der Waals surface area (Å²) in [7, 11) is 0. The highest BCUT2D eigenvalue weighted by molar-refractivity contribution is 5.27. The van der Waals surface area contributed by atoms with Crippen LogP contribution >= 0.6 is 0 Å². The lowest BCUT2D eigenvalue weighted by molar-refractivity contribution is -0.0498. The quantitative estimate of drug-likeness (QED) is 0.736. The third-order valence-electron chi connectivity index (χ3n) is 3.37. The first kappa shape index (κ1) is 17.9. The van der Waals surface area contributed by atoms with Crippen LogP contribution in [0.1, 0.15) is 32.8 Å². The fourth-order valence-electron chi connectivity index (χ4n) is 1.83. The zero-order valence-electron chi connectivity index (χ0n) is 12.9. The predicted molar refractivity (Wildman–Crippen MR) is 79.7 cm³/mol. The lowest BCUT2D eigenvalue weighted by Gasteiger charge is -2.25. The highest BCUT2D eigenvalue weighted by atomic mass is 19.3. The van der Waals surface area contributed by atoms with E-state index in [-0.39, 0.29) is 17.8 Å². The maximum atomic E-state index is 12.0. The van der Waals surface area contributed by atoms with Crippen molar-refractivity contribution < 1.29 is 18.6 Å². The third-order valence-corrected chi connectivity index (χ3v) is 3.37. The zero-order valence-corrected chi connectivity index (χ0v) is 12.9. The molecule has 1 aromatic rings. The molecule has 1 atom stereocenters.